The molecule has 4 aliphatic rings. The summed E-state index contributed by atoms with van der Waals surface area (Å²) in [5.41, 5.74) is 0.413. The molecular weight excluding hydrogens is 370 g/mol. The average molecular weight is 399 g/mol. The van der Waals surface area contributed by atoms with Crippen LogP contribution < -0.4 is 14.8 Å². The lowest BCUT2D eigenvalue weighted by Crippen LogP contribution is -2.59. The van der Waals surface area contributed by atoms with Crippen molar-refractivity contribution in [3.8, 4) is 11.5 Å². The van der Waals surface area contributed by atoms with E-state index in [9.17, 15) is 9.59 Å². The zero-order valence-electron chi connectivity index (χ0n) is 17.1. The van der Waals surface area contributed by atoms with E-state index < -0.39 is 5.54 Å². The van der Waals surface area contributed by atoms with Crippen molar-refractivity contribution in [1.29, 1.82) is 0 Å². The smallest absolute Gasteiger partial charge is 0.326 e. The molecule has 156 valence electrons. The lowest BCUT2D eigenvalue weighted by molar-refractivity contribution is -0.138. The first-order chi connectivity index (χ1) is 14.0. The fourth-order valence-corrected chi connectivity index (χ4v) is 5.76. The van der Waals surface area contributed by atoms with Crippen LogP contribution in [0, 0.1) is 11.8 Å². The number of imide groups is 1. The van der Waals surface area contributed by atoms with Gasteiger partial charge < -0.3 is 14.8 Å². The predicted molar refractivity (Wildman–Crippen MR) is 106 cm³/mol. The largest absolute Gasteiger partial charge is 0.454 e. The van der Waals surface area contributed by atoms with Crippen molar-refractivity contribution in [2.24, 2.45) is 11.8 Å². The van der Waals surface area contributed by atoms with Crippen LogP contribution in [0.5, 0.6) is 11.5 Å². The number of rotatable bonds is 3. The van der Waals surface area contributed by atoms with Gasteiger partial charge in [-0.25, -0.2) is 9.69 Å². The maximum absolute atomic E-state index is 13.5. The number of nitrogens with zero attached hydrogens (tertiary/aromatic N) is 2. The molecule has 7 nitrogen and oxygen atoms in total. The van der Waals surface area contributed by atoms with Crippen LogP contribution in [-0.2, 0) is 4.79 Å². The Morgan fingerprint density at radius 1 is 1.07 bits per heavy atom. The normalized spacial score (nSPS) is 34.3. The minimum absolute atomic E-state index is 0.0430. The van der Waals surface area contributed by atoms with Crippen LogP contribution >= 0.6 is 0 Å². The first-order valence-corrected chi connectivity index (χ1v) is 10.8. The van der Waals surface area contributed by atoms with Gasteiger partial charge in [0.05, 0.1) is 6.67 Å². The molecule has 1 aromatic rings. The summed E-state index contributed by atoms with van der Waals surface area (Å²) in [4.78, 5) is 30.0. The standard InChI is InChI=1S/C22H29N3O4/c1-14-5-3-6-15(2)22(14)20(26)25(21(27)23-22)12-24-10-4-7-17(24)16-8-9-18-19(11-16)29-13-28-18/h8-9,11,14-15,17H,3-7,10,12-13H2,1-2H3,(H,23,27). The van der Waals surface area contributed by atoms with Gasteiger partial charge in [-0.05, 0) is 55.2 Å². The van der Waals surface area contributed by atoms with Crippen molar-refractivity contribution in [1.82, 2.24) is 15.1 Å². The van der Waals surface area contributed by atoms with Crippen molar-refractivity contribution in [2.45, 2.75) is 57.5 Å². The SMILES string of the molecule is CC1CCCC(C)C12NC(=O)N(CN1CCCC1c1ccc3c(c1)OCO3)C2=O. The van der Waals surface area contributed by atoms with Crippen LogP contribution in [0.4, 0.5) is 4.79 Å². The highest BCUT2D eigenvalue weighted by Crippen LogP contribution is 2.43. The molecule has 1 saturated carbocycles. The summed E-state index contributed by atoms with van der Waals surface area (Å²) in [5, 5.41) is 3.11. The molecule has 3 fully saturated rings. The number of benzene rings is 1. The molecule has 2 saturated heterocycles. The summed E-state index contributed by atoms with van der Waals surface area (Å²) in [5.74, 6) is 1.83. The fourth-order valence-electron chi connectivity index (χ4n) is 5.76. The maximum Gasteiger partial charge on any atom is 0.326 e. The highest BCUT2D eigenvalue weighted by molar-refractivity contribution is 6.07. The van der Waals surface area contributed by atoms with Gasteiger partial charge in [-0.2, -0.15) is 0 Å². The lowest BCUT2D eigenvalue weighted by atomic mass is 9.67. The van der Waals surface area contributed by atoms with E-state index in [-0.39, 0.29) is 36.6 Å². The number of fused-ring (bicyclic) bond motifs is 1. The maximum atomic E-state index is 13.5. The summed E-state index contributed by atoms with van der Waals surface area (Å²) in [6.07, 6.45) is 5.12. The summed E-state index contributed by atoms with van der Waals surface area (Å²) >= 11 is 0. The number of hydrogen-bond donors (Lipinski definition) is 1. The Kier molecular flexibility index (Phi) is 4.46. The molecule has 1 spiro atoms. The molecule has 7 heteroatoms. The van der Waals surface area contributed by atoms with Crippen molar-refractivity contribution >= 4 is 11.9 Å². The van der Waals surface area contributed by atoms with Gasteiger partial charge in [0.15, 0.2) is 11.5 Å². The molecular formula is C22H29N3O4. The lowest BCUT2D eigenvalue weighted by Gasteiger charge is -2.42. The average Bonchev–Trinajstić information content (AvgIpc) is 3.41. The molecule has 1 aliphatic carbocycles. The number of likely N-dealkylation sites (tertiary alicyclic amines) is 1. The topological polar surface area (TPSA) is 71.1 Å². The van der Waals surface area contributed by atoms with E-state index in [4.69, 9.17) is 9.47 Å². The molecule has 3 heterocycles. The molecule has 5 rings (SSSR count). The monoisotopic (exact) mass is 399 g/mol. The third-order valence-electron chi connectivity index (χ3n) is 7.45. The highest BCUT2D eigenvalue weighted by atomic mass is 16.7. The van der Waals surface area contributed by atoms with Crippen LogP contribution in [0.15, 0.2) is 18.2 Å². The second-order valence-corrected chi connectivity index (χ2v) is 8.99. The first kappa shape index (κ1) is 18.7. The molecule has 3 atom stereocenters. The van der Waals surface area contributed by atoms with Gasteiger partial charge in [-0.15, -0.1) is 0 Å². The zero-order valence-corrected chi connectivity index (χ0v) is 17.1. The minimum atomic E-state index is -0.733. The van der Waals surface area contributed by atoms with Crippen molar-refractivity contribution in [3.63, 3.8) is 0 Å². The van der Waals surface area contributed by atoms with Gasteiger partial charge in [0, 0.05) is 12.6 Å². The Labute approximate surface area is 171 Å². The summed E-state index contributed by atoms with van der Waals surface area (Å²) in [6, 6.07) is 5.97. The zero-order chi connectivity index (χ0) is 20.2. The van der Waals surface area contributed by atoms with Gasteiger partial charge in [0.2, 0.25) is 6.79 Å². The molecule has 29 heavy (non-hydrogen) atoms. The van der Waals surface area contributed by atoms with E-state index in [2.05, 4.69) is 30.1 Å². The van der Waals surface area contributed by atoms with Gasteiger partial charge in [0.25, 0.3) is 5.91 Å². The third-order valence-corrected chi connectivity index (χ3v) is 7.45. The number of ether oxygens (including phenoxy) is 2. The molecule has 1 aromatic carbocycles. The number of hydrogen-bond acceptors (Lipinski definition) is 5. The Bertz CT molecular complexity index is 831. The van der Waals surface area contributed by atoms with Crippen LogP contribution in [0.3, 0.4) is 0 Å². The Balaban J connectivity index is 1.37. The highest BCUT2D eigenvalue weighted by Gasteiger charge is 2.58. The Morgan fingerprint density at radius 2 is 1.83 bits per heavy atom. The van der Waals surface area contributed by atoms with E-state index in [1.165, 1.54) is 4.90 Å². The summed E-state index contributed by atoms with van der Waals surface area (Å²) in [7, 11) is 0. The van der Waals surface area contributed by atoms with Crippen LogP contribution in [0.1, 0.15) is 57.6 Å². The molecule has 0 radical (unpaired) electrons. The molecule has 3 amide bonds. The number of nitrogens with one attached hydrogen (secondary N) is 1. The predicted octanol–water partition coefficient (Wildman–Crippen LogP) is 3.26. The van der Waals surface area contributed by atoms with E-state index in [1.54, 1.807) is 0 Å². The second kappa shape index (κ2) is 6.90. The van der Waals surface area contributed by atoms with Crippen molar-refractivity contribution in [2.75, 3.05) is 20.0 Å². The third kappa shape index (κ3) is 2.81. The molecule has 0 aromatic heterocycles. The van der Waals surface area contributed by atoms with E-state index in [0.29, 0.717) is 6.67 Å². The summed E-state index contributed by atoms with van der Waals surface area (Å²) < 4.78 is 11.0. The molecule has 1 N–H and O–H groups in total. The second-order valence-electron chi connectivity index (χ2n) is 8.99. The number of carbonyl (C=O) groups excluding carboxylic acids is 2. The van der Waals surface area contributed by atoms with Crippen molar-refractivity contribution in [3.05, 3.63) is 23.8 Å². The molecule has 0 bridgehead atoms. The van der Waals surface area contributed by atoms with Crippen LogP contribution in [0.25, 0.3) is 0 Å². The number of urea groups is 1. The molecule has 3 aliphatic heterocycles. The number of carbonyl (C=O) groups is 2. The Hall–Kier alpha value is -2.28. The number of amides is 3. The van der Waals surface area contributed by atoms with Gasteiger partial charge in [0.1, 0.15) is 5.54 Å². The van der Waals surface area contributed by atoms with Crippen molar-refractivity contribution < 1.29 is 19.1 Å². The Morgan fingerprint density at radius 3 is 2.62 bits per heavy atom. The fraction of sp³-hybridized carbons (Fsp3) is 0.636. The quantitative estimate of drug-likeness (QED) is 0.790. The van der Waals surface area contributed by atoms with E-state index >= 15 is 0 Å². The first-order valence-electron chi connectivity index (χ1n) is 10.8. The van der Waals surface area contributed by atoms with E-state index in [0.717, 1.165) is 55.7 Å². The van der Waals surface area contributed by atoms with Crippen LogP contribution in [0.2, 0.25) is 0 Å². The van der Waals surface area contributed by atoms with Gasteiger partial charge in [-0.3, -0.25) is 9.69 Å². The molecule has 3 unspecified atom stereocenters. The minimum Gasteiger partial charge on any atom is -0.454 e. The van der Waals surface area contributed by atoms with Gasteiger partial charge in [-0.1, -0.05) is 26.3 Å². The van der Waals surface area contributed by atoms with E-state index in [1.807, 2.05) is 12.1 Å². The van der Waals surface area contributed by atoms with Gasteiger partial charge >= 0.3 is 6.03 Å². The van der Waals surface area contributed by atoms with Crippen LogP contribution in [-0.4, -0.2) is 47.3 Å². The summed E-state index contributed by atoms with van der Waals surface area (Å²) in [6.45, 7) is 5.67.